The third-order valence-electron chi connectivity index (χ3n) is 3.96. The molecule has 0 amide bonds. The van der Waals surface area contributed by atoms with Crippen LogP contribution >= 0.6 is 11.3 Å². The van der Waals surface area contributed by atoms with E-state index in [1.165, 1.54) is 30.6 Å². The maximum Gasteiger partial charge on any atom is 0.185 e. The van der Waals surface area contributed by atoms with E-state index < -0.39 is 0 Å². The molecule has 1 atom stereocenters. The van der Waals surface area contributed by atoms with Crippen LogP contribution in [-0.4, -0.2) is 10.8 Å². The Balaban J connectivity index is 1.98. The number of hydrogen-bond acceptors (Lipinski definition) is 4. The molecule has 1 unspecified atom stereocenters. The zero-order valence-corrected chi connectivity index (χ0v) is 12.0. The van der Waals surface area contributed by atoms with Crippen LogP contribution in [0.25, 0.3) is 0 Å². The fourth-order valence-corrected chi connectivity index (χ4v) is 3.42. The predicted octanol–water partition coefficient (Wildman–Crippen LogP) is 3.56. The monoisotopic (exact) mass is 266 g/mol. The molecule has 1 heterocycles. The van der Waals surface area contributed by atoms with E-state index in [2.05, 4.69) is 11.9 Å². The highest BCUT2D eigenvalue weighted by atomic mass is 32.1. The summed E-state index contributed by atoms with van der Waals surface area (Å²) in [6, 6.07) is -0.0765. The molecule has 1 aliphatic rings. The van der Waals surface area contributed by atoms with Crippen molar-refractivity contribution < 1.29 is 4.79 Å². The number of Topliss-reactive ketones (excluding diaryl/α,β-unsaturated/α-hetero) is 1. The molecule has 1 fully saturated rings. The molecule has 1 aliphatic carbocycles. The van der Waals surface area contributed by atoms with Gasteiger partial charge in [-0.15, -0.1) is 11.3 Å². The SMILES string of the molecule is CCC1CCC(C(=O)c2csc(C(C)N)n2)CC1. The Morgan fingerprint density at radius 1 is 1.50 bits per heavy atom. The van der Waals surface area contributed by atoms with E-state index >= 15 is 0 Å². The Kier molecular flexibility index (Phi) is 4.51. The molecule has 1 saturated carbocycles. The average Bonchev–Trinajstić information content (AvgIpc) is 2.88. The fraction of sp³-hybridized carbons (Fsp3) is 0.714. The molecule has 0 radical (unpaired) electrons. The van der Waals surface area contributed by atoms with Gasteiger partial charge in [-0.2, -0.15) is 0 Å². The van der Waals surface area contributed by atoms with Crippen LogP contribution in [0.5, 0.6) is 0 Å². The van der Waals surface area contributed by atoms with Crippen molar-refractivity contribution in [2.75, 3.05) is 0 Å². The minimum atomic E-state index is -0.0765. The third-order valence-corrected chi connectivity index (χ3v) is 5.00. The van der Waals surface area contributed by atoms with Gasteiger partial charge in [0, 0.05) is 11.3 Å². The lowest BCUT2D eigenvalue weighted by atomic mass is 9.78. The van der Waals surface area contributed by atoms with Gasteiger partial charge in [0.05, 0.1) is 6.04 Å². The van der Waals surface area contributed by atoms with E-state index in [1.54, 1.807) is 0 Å². The molecular formula is C14H22N2OS. The lowest BCUT2D eigenvalue weighted by molar-refractivity contribution is 0.0866. The maximum absolute atomic E-state index is 12.3. The number of rotatable bonds is 4. The van der Waals surface area contributed by atoms with Crippen LogP contribution in [-0.2, 0) is 0 Å². The number of aromatic nitrogens is 1. The Morgan fingerprint density at radius 2 is 2.17 bits per heavy atom. The molecule has 1 aromatic rings. The first-order valence-corrected chi connectivity index (χ1v) is 7.75. The molecule has 4 heteroatoms. The number of thiazole rings is 1. The number of carbonyl (C=O) groups is 1. The molecule has 2 rings (SSSR count). The van der Waals surface area contributed by atoms with Gasteiger partial charge in [0.2, 0.25) is 0 Å². The second-order valence-corrected chi connectivity index (χ2v) is 6.24. The van der Waals surface area contributed by atoms with Crippen LogP contribution in [0.4, 0.5) is 0 Å². The van der Waals surface area contributed by atoms with Gasteiger partial charge < -0.3 is 5.73 Å². The van der Waals surface area contributed by atoms with Crippen molar-refractivity contribution in [1.29, 1.82) is 0 Å². The van der Waals surface area contributed by atoms with Gasteiger partial charge in [-0.25, -0.2) is 4.98 Å². The van der Waals surface area contributed by atoms with Crippen LogP contribution in [0.2, 0.25) is 0 Å². The molecule has 0 bridgehead atoms. The van der Waals surface area contributed by atoms with Gasteiger partial charge in [-0.1, -0.05) is 13.3 Å². The standard InChI is InChI=1S/C14H22N2OS/c1-3-10-4-6-11(7-5-10)13(17)12-8-18-14(16-12)9(2)15/h8-11H,3-7,15H2,1-2H3. The van der Waals surface area contributed by atoms with Crippen LogP contribution in [0.15, 0.2) is 5.38 Å². The predicted molar refractivity (Wildman–Crippen MR) is 74.8 cm³/mol. The van der Waals surface area contributed by atoms with E-state index in [4.69, 9.17) is 5.73 Å². The minimum absolute atomic E-state index is 0.0765. The second kappa shape index (κ2) is 5.93. The summed E-state index contributed by atoms with van der Waals surface area (Å²) in [6.07, 6.45) is 5.69. The highest BCUT2D eigenvalue weighted by Gasteiger charge is 2.27. The smallest absolute Gasteiger partial charge is 0.185 e. The lowest BCUT2D eigenvalue weighted by Gasteiger charge is -2.26. The van der Waals surface area contributed by atoms with Crippen molar-refractivity contribution in [2.24, 2.45) is 17.6 Å². The third kappa shape index (κ3) is 2.98. The summed E-state index contributed by atoms with van der Waals surface area (Å²) in [7, 11) is 0. The second-order valence-electron chi connectivity index (χ2n) is 5.35. The Bertz CT molecular complexity index is 406. The number of hydrogen-bond donors (Lipinski definition) is 1. The van der Waals surface area contributed by atoms with Gasteiger partial charge in [0.15, 0.2) is 5.78 Å². The minimum Gasteiger partial charge on any atom is -0.322 e. The van der Waals surface area contributed by atoms with E-state index in [1.807, 2.05) is 12.3 Å². The van der Waals surface area contributed by atoms with Gasteiger partial charge in [-0.05, 0) is 38.5 Å². The van der Waals surface area contributed by atoms with Gasteiger partial charge >= 0.3 is 0 Å². The number of carbonyl (C=O) groups excluding carboxylic acids is 1. The summed E-state index contributed by atoms with van der Waals surface area (Å²) in [4.78, 5) is 16.7. The molecule has 0 aromatic carbocycles. The highest BCUT2D eigenvalue weighted by molar-refractivity contribution is 7.09. The molecule has 0 aliphatic heterocycles. The summed E-state index contributed by atoms with van der Waals surface area (Å²) in [5.41, 5.74) is 6.41. The first-order valence-electron chi connectivity index (χ1n) is 6.87. The van der Waals surface area contributed by atoms with Crippen LogP contribution in [0.3, 0.4) is 0 Å². The number of ketones is 1. The number of nitrogens with zero attached hydrogens (tertiary/aromatic N) is 1. The van der Waals surface area contributed by atoms with Crippen molar-refractivity contribution in [3.63, 3.8) is 0 Å². The molecule has 0 saturated heterocycles. The molecular weight excluding hydrogens is 244 g/mol. The summed E-state index contributed by atoms with van der Waals surface area (Å²) >= 11 is 1.50. The van der Waals surface area contributed by atoms with E-state index in [-0.39, 0.29) is 17.7 Å². The molecule has 0 spiro atoms. The average molecular weight is 266 g/mol. The highest BCUT2D eigenvalue weighted by Crippen LogP contribution is 2.32. The van der Waals surface area contributed by atoms with Crippen LogP contribution in [0, 0.1) is 11.8 Å². The van der Waals surface area contributed by atoms with Crippen molar-refractivity contribution in [3.8, 4) is 0 Å². The van der Waals surface area contributed by atoms with Crippen LogP contribution < -0.4 is 5.73 Å². The Hall–Kier alpha value is -0.740. The quantitative estimate of drug-likeness (QED) is 0.848. The van der Waals surface area contributed by atoms with Crippen LogP contribution in [0.1, 0.15) is 67.5 Å². The molecule has 100 valence electrons. The normalized spacial score (nSPS) is 25.9. The first kappa shape index (κ1) is 13.7. The Labute approximate surface area is 113 Å². The van der Waals surface area contributed by atoms with Gasteiger partial charge in [0.25, 0.3) is 0 Å². The zero-order valence-electron chi connectivity index (χ0n) is 11.2. The zero-order chi connectivity index (χ0) is 13.1. The van der Waals surface area contributed by atoms with E-state index in [0.29, 0.717) is 5.69 Å². The summed E-state index contributed by atoms with van der Waals surface area (Å²) in [6.45, 7) is 4.14. The van der Waals surface area contributed by atoms with Crippen molar-refractivity contribution in [2.45, 2.75) is 52.0 Å². The molecule has 1 aromatic heterocycles. The van der Waals surface area contributed by atoms with Crippen molar-refractivity contribution >= 4 is 17.1 Å². The molecule has 18 heavy (non-hydrogen) atoms. The lowest BCUT2D eigenvalue weighted by Crippen LogP contribution is -2.22. The first-order chi connectivity index (χ1) is 8.61. The summed E-state index contributed by atoms with van der Waals surface area (Å²) in [5.74, 6) is 1.24. The largest absolute Gasteiger partial charge is 0.322 e. The van der Waals surface area contributed by atoms with Crippen molar-refractivity contribution in [1.82, 2.24) is 4.98 Å². The number of nitrogens with two attached hydrogens (primary N) is 1. The molecule has 3 nitrogen and oxygen atoms in total. The van der Waals surface area contributed by atoms with Gasteiger partial charge in [0.1, 0.15) is 10.7 Å². The summed E-state index contributed by atoms with van der Waals surface area (Å²) in [5, 5.41) is 2.73. The fourth-order valence-electron chi connectivity index (χ4n) is 2.65. The van der Waals surface area contributed by atoms with Gasteiger partial charge in [-0.3, -0.25) is 4.79 Å². The van der Waals surface area contributed by atoms with Crippen molar-refractivity contribution in [3.05, 3.63) is 16.1 Å². The topological polar surface area (TPSA) is 56.0 Å². The maximum atomic E-state index is 12.3. The molecule has 2 N–H and O–H groups in total. The Morgan fingerprint density at radius 3 is 2.67 bits per heavy atom. The van der Waals surface area contributed by atoms with E-state index in [0.717, 1.165) is 23.8 Å². The summed E-state index contributed by atoms with van der Waals surface area (Å²) < 4.78 is 0. The van der Waals surface area contributed by atoms with E-state index in [9.17, 15) is 4.79 Å².